The third-order valence-corrected chi connectivity index (χ3v) is 5.20. The molecule has 2 heterocycles. The highest BCUT2D eigenvalue weighted by atomic mass is 19.4. The fourth-order valence-electron chi connectivity index (χ4n) is 3.95. The molecule has 1 aromatic heterocycles. The number of methoxy groups -OCH3 is 1. The molecule has 4 atom stereocenters. The van der Waals surface area contributed by atoms with Crippen molar-refractivity contribution in [2.75, 3.05) is 20.3 Å². The number of H-pyrrole nitrogens is 1. The van der Waals surface area contributed by atoms with Crippen LogP contribution in [0.1, 0.15) is 22.6 Å². The lowest BCUT2D eigenvalue weighted by atomic mass is 9.67. The Bertz CT molecular complexity index is 836. The number of nitrogens with one attached hydrogen (secondary N) is 2. The number of hydrogen-bond donors (Lipinski definition) is 2. The molecule has 9 heteroatoms. The summed E-state index contributed by atoms with van der Waals surface area (Å²) < 4.78 is 49.2. The maximum absolute atomic E-state index is 12.8. The highest BCUT2D eigenvalue weighted by Crippen LogP contribution is 2.43. The van der Waals surface area contributed by atoms with Crippen LogP contribution in [0.15, 0.2) is 18.2 Å². The highest BCUT2D eigenvalue weighted by Gasteiger charge is 2.54. The van der Waals surface area contributed by atoms with Crippen LogP contribution in [0.25, 0.3) is 11.0 Å². The predicted octanol–water partition coefficient (Wildman–Crippen LogP) is 2.36. The van der Waals surface area contributed by atoms with Crippen molar-refractivity contribution in [1.82, 2.24) is 15.3 Å². The van der Waals surface area contributed by atoms with E-state index in [4.69, 9.17) is 9.47 Å². The van der Waals surface area contributed by atoms with Gasteiger partial charge in [-0.2, -0.15) is 13.2 Å². The summed E-state index contributed by atoms with van der Waals surface area (Å²) in [6.07, 6.45) is -3.58. The Morgan fingerprint density at radius 3 is 3.00 bits per heavy atom. The molecule has 1 saturated carbocycles. The zero-order valence-electron chi connectivity index (χ0n) is 14.0. The molecule has 1 aliphatic heterocycles. The number of benzene rings is 1. The molecule has 1 saturated heterocycles. The van der Waals surface area contributed by atoms with Crippen LogP contribution in [-0.4, -0.2) is 48.3 Å². The van der Waals surface area contributed by atoms with E-state index in [1.807, 2.05) is 0 Å². The third-order valence-electron chi connectivity index (χ3n) is 5.20. The molecule has 2 aromatic rings. The van der Waals surface area contributed by atoms with E-state index in [1.54, 1.807) is 7.11 Å². The van der Waals surface area contributed by atoms with Gasteiger partial charge in [-0.25, -0.2) is 4.98 Å². The molecule has 0 spiro atoms. The van der Waals surface area contributed by atoms with Gasteiger partial charge in [0.15, 0.2) is 0 Å². The Morgan fingerprint density at radius 1 is 1.46 bits per heavy atom. The number of imidazole rings is 1. The van der Waals surface area contributed by atoms with Crippen molar-refractivity contribution in [3.63, 3.8) is 0 Å². The summed E-state index contributed by atoms with van der Waals surface area (Å²) in [5.41, 5.74) is 0.626. The van der Waals surface area contributed by atoms with Crippen molar-refractivity contribution in [1.29, 1.82) is 0 Å². The first kappa shape index (κ1) is 17.3. The van der Waals surface area contributed by atoms with E-state index in [1.165, 1.54) is 18.2 Å². The van der Waals surface area contributed by atoms with Crippen LogP contribution in [-0.2, 0) is 15.7 Å². The van der Waals surface area contributed by atoms with Crippen LogP contribution in [0.2, 0.25) is 0 Å². The van der Waals surface area contributed by atoms with Gasteiger partial charge < -0.3 is 19.8 Å². The van der Waals surface area contributed by atoms with Gasteiger partial charge in [0.25, 0.3) is 5.91 Å². The van der Waals surface area contributed by atoms with Crippen LogP contribution in [0.4, 0.5) is 13.2 Å². The first-order valence-corrected chi connectivity index (χ1v) is 8.37. The minimum Gasteiger partial charge on any atom is -0.384 e. The molecule has 26 heavy (non-hydrogen) atoms. The van der Waals surface area contributed by atoms with E-state index in [9.17, 15) is 18.0 Å². The van der Waals surface area contributed by atoms with Crippen LogP contribution in [0.5, 0.6) is 0 Å². The van der Waals surface area contributed by atoms with Gasteiger partial charge in [0.2, 0.25) is 5.82 Å². The molecule has 6 nitrogen and oxygen atoms in total. The summed E-state index contributed by atoms with van der Waals surface area (Å²) in [6, 6.07) is 4.22. The number of ether oxygens (including phenoxy) is 2. The van der Waals surface area contributed by atoms with Gasteiger partial charge in [-0.3, -0.25) is 4.79 Å². The van der Waals surface area contributed by atoms with E-state index in [0.29, 0.717) is 13.2 Å². The van der Waals surface area contributed by atoms with E-state index in [0.717, 1.165) is 6.42 Å². The Morgan fingerprint density at radius 2 is 2.27 bits per heavy atom. The smallest absolute Gasteiger partial charge is 0.384 e. The SMILES string of the molecule is COC[C@@H]1[C@H](NC(=O)c2ccc3nc(C(F)(F)F)[nH]c3c2)[C@@H]2CCO[C@H]12. The standard InChI is InChI=1S/C17H18F3N3O3/c1-25-7-10-13(9-4-5-26-14(9)10)23-15(24)8-2-3-11-12(6-8)22-16(21-11)17(18,19)20/h2-3,6,9-10,13-14H,4-5,7H2,1H3,(H,21,22)(H,23,24)/t9-,10+,13+,14-/m0/s1. The van der Waals surface area contributed by atoms with Crippen molar-refractivity contribution in [3.8, 4) is 0 Å². The number of carbonyl (C=O) groups is 1. The van der Waals surface area contributed by atoms with E-state index < -0.39 is 12.0 Å². The maximum atomic E-state index is 12.8. The molecule has 1 aromatic carbocycles. The normalized spacial score (nSPS) is 28.0. The summed E-state index contributed by atoms with van der Waals surface area (Å²) in [5.74, 6) is -1.06. The second-order valence-corrected chi connectivity index (χ2v) is 6.72. The van der Waals surface area contributed by atoms with Gasteiger partial charge in [-0.05, 0) is 24.6 Å². The minimum atomic E-state index is -4.56. The topological polar surface area (TPSA) is 76.2 Å². The van der Waals surface area contributed by atoms with Crippen molar-refractivity contribution in [3.05, 3.63) is 29.6 Å². The fourth-order valence-corrected chi connectivity index (χ4v) is 3.95. The number of nitrogens with zero attached hydrogens (tertiary/aromatic N) is 1. The zero-order valence-corrected chi connectivity index (χ0v) is 14.0. The van der Waals surface area contributed by atoms with Gasteiger partial charge in [-0.1, -0.05) is 0 Å². The monoisotopic (exact) mass is 369 g/mol. The number of aromatic nitrogens is 2. The molecular formula is C17H18F3N3O3. The second kappa shape index (κ2) is 6.24. The fraction of sp³-hybridized carbons (Fsp3) is 0.529. The first-order valence-electron chi connectivity index (χ1n) is 8.37. The Kier molecular flexibility index (Phi) is 4.15. The third kappa shape index (κ3) is 2.84. The quantitative estimate of drug-likeness (QED) is 0.868. The summed E-state index contributed by atoms with van der Waals surface area (Å²) in [4.78, 5) is 18.3. The molecular weight excluding hydrogens is 351 g/mol. The Hall–Kier alpha value is -2.13. The largest absolute Gasteiger partial charge is 0.449 e. The van der Waals surface area contributed by atoms with E-state index in [-0.39, 0.29) is 46.5 Å². The number of alkyl halides is 3. The second-order valence-electron chi connectivity index (χ2n) is 6.72. The van der Waals surface area contributed by atoms with Gasteiger partial charge in [-0.15, -0.1) is 0 Å². The Labute approximate surface area is 147 Å². The summed E-state index contributed by atoms with van der Waals surface area (Å²) >= 11 is 0. The van der Waals surface area contributed by atoms with Crippen LogP contribution >= 0.6 is 0 Å². The molecule has 2 N–H and O–H groups in total. The number of amides is 1. The summed E-state index contributed by atoms with van der Waals surface area (Å²) in [6.45, 7) is 1.16. The van der Waals surface area contributed by atoms with Crippen molar-refractivity contribution >= 4 is 16.9 Å². The molecule has 2 fully saturated rings. The Balaban J connectivity index is 1.52. The number of hydrogen-bond acceptors (Lipinski definition) is 4. The molecule has 1 amide bonds. The van der Waals surface area contributed by atoms with Gasteiger partial charge in [0, 0.05) is 37.2 Å². The molecule has 140 valence electrons. The predicted molar refractivity (Wildman–Crippen MR) is 85.6 cm³/mol. The first-order chi connectivity index (χ1) is 12.4. The lowest BCUT2D eigenvalue weighted by Gasteiger charge is -2.47. The maximum Gasteiger partial charge on any atom is 0.449 e. The van der Waals surface area contributed by atoms with Crippen molar-refractivity contribution in [2.45, 2.75) is 24.7 Å². The number of fused-ring (bicyclic) bond motifs is 2. The number of carbonyl (C=O) groups excluding carboxylic acids is 1. The van der Waals surface area contributed by atoms with Crippen molar-refractivity contribution in [2.24, 2.45) is 11.8 Å². The molecule has 0 radical (unpaired) electrons. The summed E-state index contributed by atoms with van der Waals surface area (Å²) in [7, 11) is 1.60. The highest BCUT2D eigenvalue weighted by molar-refractivity contribution is 5.97. The van der Waals surface area contributed by atoms with Gasteiger partial charge in [0.05, 0.1) is 23.7 Å². The molecule has 0 unspecified atom stereocenters. The van der Waals surface area contributed by atoms with Crippen LogP contribution in [0.3, 0.4) is 0 Å². The minimum absolute atomic E-state index is 0.0573. The lowest BCUT2D eigenvalue weighted by molar-refractivity contribution is -0.144. The average molecular weight is 369 g/mol. The van der Waals surface area contributed by atoms with Crippen molar-refractivity contribution < 1.29 is 27.4 Å². The van der Waals surface area contributed by atoms with Gasteiger partial charge in [0.1, 0.15) is 0 Å². The molecule has 1 aliphatic carbocycles. The summed E-state index contributed by atoms with van der Waals surface area (Å²) in [5, 5.41) is 2.99. The van der Waals surface area contributed by atoms with E-state index >= 15 is 0 Å². The zero-order chi connectivity index (χ0) is 18.5. The lowest BCUT2D eigenvalue weighted by Crippen LogP contribution is -2.62. The van der Waals surface area contributed by atoms with E-state index in [2.05, 4.69) is 15.3 Å². The number of halogens is 3. The van der Waals surface area contributed by atoms with Gasteiger partial charge >= 0.3 is 6.18 Å². The number of aromatic amines is 1. The number of rotatable bonds is 4. The van der Waals surface area contributed by atoms with Crippen LogP contribution < -0.4 is 5.32 Å². The average Bonchev–Trinajstić information content (AvgIpc) is 3.20. The molecule has 2 aliphatic rings. The molecule has 4 rings (SSSR count). The van der Waals surface area contributed by atoms with Crippen LogP contribution in [0, 0.1) is 11.8 Å². The molecule has 0 bridgehead atoms.